The van der Waals surface area contributed by atoms with Crippen LogP contribution in [0.15, 0.2) is 46.9 Å². The Balaban J connectivity index is 0.000000856. The first kappa shape index (κ1) is 31.4. The van der Waals surface area contributed by atoms with Crippen LogP contribution >= 0.6 is 15.9 Å². The van der Waals surface area contributed by atoms with Crippen molar-refractivity contribution >= 4 is 50.9 Å². The van der Waals surface area contributed by atoms with Gasteiger partial charge in [0.05, 0.1) is 18.3 Å². The van der Waals surface area contributed by atoms with Gasteiger partial charge in [0.15, 0.2) is 0 Å². The number of nitrogen functional groups attached to an aromatic ring is 1. The molecule has 2 aromatic rings. The van der Waals surface area contributed by atoms with Gasteiger partial charge in [-0.15, -0.1) is 0 Å². The van der Waals surface area contributed by atoms with Crippen LogP contribution < -0.4 is 21.3 Å². The minimum absolute atomic E-state index is 0.0547. The molecule has 0 saturated carbocycles. The second-order valence-electron chi connectivity index (χ2n) is 7.66. The molecule has 0 bridgehead atoms. The molecule has 10 nitrogen and oxygen atoms in total. The number of amidine groups is 1. The monoisotopic (exact) mass is 589 g/mol. The van der Waals surface area contributed by atoms with Crippen LogP contribution in [0.3, 0.4) is 0 Å². The number of nitrogens with one attached hydrogen (secondary N) is 3. The van der Waals surface area contributed by atoms with Crippen LogP contribution in [0.1, 0.15) is 30.5 Å². The fourth-order valence-corrected chi connectivity index (χ4v) is 3.53. The molecule has 0 radical (unpaired) electrons. The molecule has 202 valence electrons. The number of hydrogen-bond donors (Lipinski definition) is 6. The number of carbonyl (C=O) groups excluding carboxylic acids is 2. The first-order valence-corrected chi connectivity index (χ1v) is 11.4. The van der Waals surface area contributed by atoms with Crippen molar-refractivity contribution in [1.82, 2.24) is 5.32 Å². The number of alkyl halides is 3. The Bertz CT molecular complexity index is 1110. The largest absolute Gasteiger partial charge is 0.490 e. The van der Waals surface area contributed by atoms with Crippen molar-refractivity contribution in [2.45, 2.75) is 25.6 Å². The average Bonchev–Trinajstić information content (AvgIpc) is 2.79. The first-order valence-electron chi connectivity index (χ1n) is 10.6. The molecule has 37 heavy (non-hydrogen) atoms. The zero-order valence-corrected chi connectivity index (χ0v) is 21.5. The number of rotatable bonds is 9. The van der Waals surface area contributed by atoms with Crippen molar-refractivity contribution in [3.05, 3.63) is 58.1 Å². The summed E-state index contributed by atoms with van der Waals surface area (Å²) in [5, 5.41) is 29.0. The maximum atomic E-state index is 12.3. The molecule has 1 unspecified atom stereocenters. The molecule has 0 aliphatic heterocycles. The van der Waals surface area contributed by atoms with Crippen molar-refractivity contribution in [2.75, 3.05) is 30.4 Å². The number of carboxylic acids is 1. The van der Waals surface area contributed by atoms with Gasteiger partial charge in [0, 0.05) is 29.3 Å². The fraction of sp³-hybridized carbons (Fsp3) is 0.304. The van der Waals surface area contributed by atoms with E-state index in [9.17, 15) is 22.8 Å². The normalized spacial score (nSPS) is 11.4. The van der Waals surface area contributed by atoms with Crippen LogP contribution in [-0.2, 0) is 14.4 Å². The summed E-state index contributed by atoms with van der Waals surface area (Å²) in [6.07, 6.45) is -5.39. The number of likely N-dealkylation sites (N-methyl/N-ethyl adjacent to an activating group) is 1. The molecule has 0 fully saturated rings. The van der Waals surface area contributed by atoms with Crippen LogP contribution in [0.4, 0.5) is 24.5 Å². The minimum atomic E-state index is -5.08. The fourth-order valence-electron chi connectivity index (χ4n) is 2.83. The van der Waals surface area contributed by atoms with Gasteiger partial charge in [0.25, 0.3) is 0 Å². The topological polar surface area (TPSA) is 169 Å². The quantitative estimate of drug-likeness (QED) is 0.148. The second-order valence-corrected chi connectivity index (χ2v) is 8.52. The van der Waals surface area contributed by atoms with E-state index in [0.29, 0.717) is 17.8 Å². The number of nitrogens with two attached hydrogens (primary N) is 1. The zero-order valence-electron chi connectivity index (χ0n) is 19.9. The Morgan fingerprint density at radius 1 is 1.14 bits per heavy atom. The van der Waals surface area contributed by atoms with Crippen LogP contribution in [0, 0.1) is 5.41 Å². The van der Waals surface area contributed by atoms with Crippen LogP contribution in [0.25, 0.3) is 0 Å². The number of carbonyl (C=O) groups is 3. The van der Waals surface area contributed by atoms with Crippen LogP contribution in [-0.4, -0.2) is 60.2 Å². The molecule has 2 rings (SSSR count). The minimum Gasteiger partial charge on any atom is -0.475 e. The van der Waals surface area contributed by atoms with Gasteiger partial charge in [-0.25, -0.2) is 4.79 Å². The number of amides is 2. The summed E-state index contributed by atoms with van der Waals surface area (Å²) < 4.78 is 32.6. The third-order valence-corrected chi connectivity index (χ3v) is 5.37. The molecule has 0 aliphatic carbocycles. The summed E-state index contributed by atoms with van der Waals surface area (Å²) in [7, 11) is 1.88. The standard InChI is InChI=1S/C21H26BrN5O3.C2HF3O2/c1-13(15-5-8-18(17(22)11-15)27(2)9-10-28)25-19(29)12-20(30)26-16-6-3-14(4-7-16)21(23)24;3-2(4,5)1(6)7/h3-8,11,13,28H,9-10,12H2,1-2H3,(H3,23,24)(H,25,29)(H,26,30);(H,6,7). The Kier molecular flexibility index (Phi) is 12.0. The first-order chi connectivity index (χ1) is 17.1. The predicted octanol–water partition coefficient (Wildman–Crippen LogP) is 3.00. The van der Waals surface area contributed by atoms with Crippen molar-refractivity contribution in [1.29, 1.82) is 5.41 Å². The number of aliphatic hydroxyl groups is 1. The highest BCUT2D eigenvalue weighted by molar-refractivity contribution is 9.10. The number of benzene rings is 2. The lowest BCUT2D eigenvalue weighted by atomic mass is 10.1. The maximum absolute atomic E-state index is 12.3. The van der Waals surface area contributed by atoms with E-state index < -0.39 is 24.0 Å². The Hall–Kier alpha value is -3.65. The van der Waals surface area contributed by atoms with Gasteiger partial charge in [-0.1, -0.05) is 6.07 Å². The van der Waals surface area contributed by atoms with Gasteiger partial charge in [0.1, 0.15) is 12.3 Å². The number of carboxylic acid groups (broad SMARTS) is 1. The van der Waals surface area contributed by atoms with E-state index in [1.807, 2.05) is 37.1 Å². The van der Waals surface area contributed by atoms with Gasteiger partial charge in [-0.2, -0.15) is 13.2 Å². The highest BCUT2D eigenvalue weighted by Gasteiger charge is 2.38. The van der Waals surface area contributed by atoms with Gasteiger partial charge < -0.3 is 31.5 Å². The lowest BCUT2D eigenvalue weighted by Crippen LogP contribution is -2.30. The summed E-state index contributed by atoms with van der Waals surface area (Å²) in [5.74, 6) is -3.64. The third kappa shape index (κ3) is 10.9. The Morgan fingerprint density at radius 2 is 1.70 bits per heavy atom. The number of halogens is 4. The van der Waals surface area contributed by atoms with E-state index in [0.717, 1.165) is 15.7 Å². The highest BCUT2D eigenvalue weighted by Crippen LogP contribution is 2.28. The van der Waals surface area contributed by atoms with E-state index in [1.165, 1.54) is 0 Å². The molecular weight excluding hydrogens is 563 g/mol. The second kappa shape index (κ2) is 14.2. The van der Waals surface area contributed by atoms with Crippen molar-refractivity contribution in [2.24, 2.45) is 5.73 Å². The van der Waals surface area contributed by atoms with Crippen LogP contribution in [0.2, 0.25) is 0 Å². The molecule has 0 aromatic heterocycles. The predicted molar refractivity (Wildman–Crippen MR) is 135 cm³/mol. The van der Waals surface area contributed by atoms with Gasteiger partial charge in [-0.3, -0.25) is 15.0 Å². The number of aliphatic carboxylic acids is 1. The third-order valence-electron chi connectivity index (χ3n) is 4.74. The summed E-state index contributed by atoms with van der Waals surface area (Å²) in [6.45, 7) is 2.41. The van der Waals surface area contributed by atoms with Crippen molar-refractivity contribution < 1.29 is 37.8 Å². The molecule has 0 spiro atoms. The van der Waals surface area contributed by atoms with E-state index in [2.05, 4.69) is 26.6 Å². The summed E-state index contributed by atoms with van der Waals surface area (Å²) in [5.41, 5.74) is 8.30. The van der Waals surface area contributed by atoms with Crippen molar-refractivity contribution in [3.63, 3.8) is 0 Å². The summed E-state index contributed by atoms with van der Waals surface area (Å²) in [4.78, 5) is 35.2. The van der Waals surface area contributed by atoms with E-state index >= 15 is 0 Å². The number of aliphatic hydroxyl groups excluding tert-OH is 1. The van der Waals surface area contributed by atoms with Gasteiger partial charge in [0.2, 0.25) is 11.8 Å². The number of anilines is 2. The number of hydrogen-bond acceptors (Lipinski definition) is 6. The highest BCUT2D eigenvalue weighted by atomic mass is 79.9. The lowest BCUT2D eigenvalue weighted by molar-refractivity contribution is -0.192. The van der Waals surface area contributed by atoms with E-state index in [1.54, 1.807) is 24.3 Å². The SMILES string of the molecule is CC(NC(=O)CC(=O)Nc1ccc(C(=N)N)cc1)c1ccc(N(C)CCO)c(Br)c1.O=C(O)C(F)(F)F. The zero-order chi connectivity index (χ0) is 28.3. The van der Waals surface area contributed by atoms with Crippen molar-refractivity contribution in [3.8, 4) is 0 Å². The van der Waals surface area contributed by atoms with Crippen LogP contribution in [0.5, 0.6) is 0 Å². The van der Waals surface area contributed by atoms with Gasteiger partial charge >= 0.3 is 12.1 Å². The molecule has 2 aromatic carbocycles. The van der Waals surface area contributed by atoms with E-state index in [4.69, 9.17) is 26.2 Å². The molecular formula is C23H27BrF3N5O5. The molecule has 7 N–H and O–H groups in total. The Labute approximate surface area is 219 Å². The van der Waals surface area contributed by atoms with Gasteiger partial charge in [-0.05, 0) is 64.8 Å². The lowest BCUT2D eigenvalue weighted by Gasteiger charge is -2.21. The summed E-state index contributed by atoms with van der Waals surface area (Å²) >= 11 is 3.52. The van der Waals surface area contributed by atoms with E-state index in [-0.39, 0.29) is 24.9 Å². The molecule has 0 saturated heterocycles. The molecule has 2 amide bonds. The molecule has 1 atom stereocenters. The average molecular weight is 590 g/mol. The molecule has 0 aliphatic rings. The summed E-state index contributed by atoms with van der Waals surface area (Å²) in [6, 6.07) is 11.9. The smallest absolute Gasteiger partial charge is 0.475 e. The number of nitrogens with zero attached hydrogens (tertiary/aromatic N) is 1. The maximum Gasteiger partial charge on any atom is 0.490 e. The molecule has 0 heterocycles. The Morgan fingerprint density at radius 3 is 2.16 bits per heavy atom. The molecule has 14 heteroatoms.